The Morgan fingerprint density at radius 1 is 1.04 bits per heavy atom. The Balaban J connectivity index is 1.66. The van der Waals surface area contributed by atoms with E-state index in [1.54, 1.807) is 18.9 Å². The van der Waals surface area contributed by atoms with Crippen LogP contribution in [-0.4, -0.2) is 55.2 Å². The molecule has 0 N–H and O–H groups in total. The van der Waals surface area contributed by atoms with Gasteiger partial charge in [0.1, 0.15) is 10.8 Å². The molecule has 2 aliphatic rings. The summed E-state index contributed by atoms with van der Waals surface area (Å²) in [7, 11) is 3.89. The van der Waals surface area contributed by atoms with Crippen molar-refractivity contribution >= 4 is 17.7 Å². The Morgan fingerprint density at radius 3 is 2.65 bits per heavy atom. The fourth-order valence-electron chi connectivity index (χ4n) is 3.56. The summed E-state index contributed by atoms with van der Waals surface area (Å²) in [6.45, 7) is 4.13. The van der Waals surface area contributed by atoms with E-state index in [1.165, 1.54) is 29.0 Å². The zero-order valence-electron chi connectivity index (χ0n) is 15.6. The number of benzene rings is 1. The minimum absolute atomic E-state index is 0.886. The molecule has 0 unspecified atom stereocenters. The van der Waals surface area contributed by atoms with Crippen molar-refractivity contribution in [2.24, 2.45) is 0 Å². The van der Waals surface area contributed by atoms with Gasteiger partial charge in [-0.15, -0.1) is 0 Å². The molecule has 5 nitrogen and oxygen atoms in total. The van der Waals surface area contributed by atoms with Crippen LogP contribution in [0.1, 0.15) is 24.1 Å². The first kappa shape index (κ1) is 17.6. The average Bonchev–Trinajstić information content (AvgIpc) is 2.68. The van der Waals surface area contributed by atoms with Crippen molar-refractivity contribution < 1.29 is 4.74 Å². The molecule has 1 aromatic heterocycles. The van der Waals surface area contributed by atoms with Crippen LogP contribution in [0, 0.1) is 0 Å². The quantitative estimate of drug-likeness (QED) is 0.770. The van der Waals surface area contributed by atoms with Gasteiger partial charge in [-0.25, -0.2) is 9.97 Å². The lowest BCUT2D eigenvalue weighted by atomic mass is 9.97. The maximum atomic E-state index is 5.38. The number of nitrogens with zero attached hydrogens (tertiary/aromatic N) is 4. The van der Waals surface area contributed by atoms with Crippen LogP contribution in [-0.2, 0) is 12.8 Å². The first-order valence-corrected chi connectivity index (χ1v) is 10.2. The van der Waals surface area contributed by atoms with Gasteiger partial charge in [-0.05, 0) is 50.9 Å². The van der Waals surface area contributed by atoms with Crippen molar-refractivity contribution in [3.05, 3.63) is 35.5 Å². The van der Waals surface area contributed by atoms with Gasteiger partial charge in [-0.1, -0.05) is 17.8 Å². The van der Waals surface area contributed by atoms with Crippen molar-refractivity contribution in [3.8, 4) is 5.75 Å². The summed E-state index contributed by atoms with van der Waals surface area (Å²) in [4.78, 5) is 15.8. The van der Waals surface area contributed by atoms with E-state index in [9.17, 15) is 0 Å². The second kappa shape index (κ2) is 7.84. The van der Waals surface area contributed by atoms with Gasteiger partial charge in [0, 0.05) is 36.6 Å². The van der Waals surface area contributed by atoms with Crippen molar-refractivity contribution in [1.82, 2.24) is 14.9 Å². The molecule has 1 saturated heterocycles. The molecule has 0 amide bonds. The van der Waals surface area contributed by atoms with Crippen LogP contribution in [0.15, 0.2) is 34.2 Å². The van der Waals surface area contributed by atoms with E-state index in [1.807, 2.05) is 12.1 Å². The lowest BCUT2D eigenvalue weighted by molar-refractivity contribution is 0.310. The summed E-state index contributed by atoms with van der Waals surface area (Å²) in [5.41, 5.74) is 2.60. The summed E-state index contributed by atoms with van der Waals surface area (Å²) in [6.07, 6.45) is 4.63. The van der Waals surface area contributed by atoms with Crippen LogP contribution in [0.3, 0.4) is 0 Å². The summed E-state index contributed by atoms with van der Waals surface area (Å²) in [6, 6.07) is 8.23. The fraction of sp³-hybridized carbons (Fsp3) is 0.500. The number of aromatic nitrogens is 2. The molecule has 138 valence electrons. The fourth-order valence-corrected chi connectivity index (χ4v) is 4.57. The van der Waals surface area contributed by atoms with Gasteiger partial charge in [0.25, 0.3) is 0 Å². The van der Waals surface area contributed by atoms with Gasteiger partial charge in [0.15, 0.2) is 0 Å². The number of likely N-dealkylation sites (N-methyl/N-ethyl adjacent to an activating group) is 1. The molecule has 0 bridgehead atoms. The molecule has 0 spiro atoms. The summed E-state index contributed by atoms with van der Waals surface area (Å²) in [5, 5.41) is 1.12. The van der Waals surface area contributed by atoms with Crippen LogP contribution in [0.2, 0.25) is 0 Å². The third-order valence-corrected chi connectivity index (χ3v) is 6.20. The van der Waals surface area contributed by atoms with Gasteiger partial charge < -0.3 is 14.5 Å². The highest BCUT2D eigenvalue weighted by Crippen LogP contribution is 2.36. The van der Waals surface area contributed by atoms with Gasteiger partial charge in [0.05, 0.1) is 12.8 Å². The van der Waals surface area contributed by atoms with E-state index >= 15 is 0 Å². The Morgan fingerprint density at radius 2 is 1.85 bits per heavy atom. The molecule has 2 heterocycles. The number of fused-ring (bicyclic) bond motifs is 1. The molecular weight excluding hydrogens is 344 g/mol. The number of rotatable bonds is 4. The Kier molecular flexibility index (Phi) is 5.31. The molecule has 0 radical (unpaired) electrons. The monoisotopic (exact) mass is 370 g/mol. The molecule has 1 aromatic carbocycles. The Bertz CT molecular complexity index is 774. The SMILES string of the molecule is COc1cccc(Sc2nc(N3CCN(C)CC3)nc3c2CCCC3)c1. The van der Waals surface area contributed by atoms with E-state index < -0.39 is 0 Å². The van der Waals surface area contributed by atoms with Gasteiger partial charge in [0.2, 0.25) is 5.95 Å². The van der Waals surface area contributed by atoms with Crippen LogP contribution in [0.5, 0.6) is 5.75 Å². The van der Waals surface area contributed by atoms with Crippen molar-refractivity contribution in [3.63, 3.8) is 0 Å². The first-order chi connectivity index (χ1) is 12.7. The number of anilines is 1. The zero-order valence-corrected chi connectivity index (χ0v) is 16.4. The third kappa shape index (κ3) is 3.81. The molecule has 0 saturated carbocycles. The molecule has 2 aromatic rings. The van der Waals surface area contributed by atoms with E-state index in [2.05, 4.69) is 29.0 Å². The molecule has 0 atom stereocenters. The number of hydrogen-bond donors (Lipinski definition) is 0. The van der Waals surface area contributed by atoms with E-state index in [0.717, 1.165) is 55.7 Å². The number of hydrogen-bond acceptors (Lipinski definition) is 6. The smallest absolute Gasteiger partial charge is 0.226 e. The minimum atomic E-state index is 0.886. The molecule has 6 heteroatoms. The predicted molar refractivity (Wildman–Crippen MR) is 106 cm³/mol. The Hall–Kier alpha value is -1.79. The predicted octanol–water partition coefficient (Wildman–Crippen LogP) is 3.27. The summed E-state index contributed by atoms with van der Waals surface area (Å²) in [5.74, 6) is 1.79. The maximum absolute atomic E-state index is 5.38. The first-order valence-electron chi connectivity index (χ1n) is 9.38. The largest absolute Gasteiger partial charge is 0.497 e. The normalized spacial score (nSPS) is 17.8. The van der Waals surface area contributed by atoms with E-state index in [-0.39, 0.29) is 0 Å². The number of piperazine rings is 1. The second-order valence-corrected chi connectivity index (χ2v) is 8.09. The molecule has 1 aliphatic heterocycles. The van der Waals surface area contributed by atoms with Crippen molar-refractivity contribution in [1.29, 1.82) is 0 Å². The summed E-state index contributed by atoms with van der Waals surface area (Å²) >= 11 is 1.74. The number of methoxy groups -OCH3 is 1. The average molecular weight is 371 g/mol. The van der Waals surface area contributed by atoms with Crippen molar-refractivity contribution in [2.75, 3.05) is 45.2 Å². The molecule has 26 heavy (non-hydrogen) atoms. The Labute approximate surface area is 159 Å². The minimum Gasteiger partial charge on any atom is -0.497 e. The van der Waals surface area contributed by atoms with Gasteiger partial charge in [-0.3, -0.25) is 0 Å². The highest BCUT2D eigenvalue weighted by molar-refractivity contribution is 7.99. The van der Waals surface area contributed by atoms with Crippen LogP contribution in [0.25, 0.3) is 0 Å². The zero-order chi connectivity index (χ0) is 17.9. The van der Waals surface area contributed by atoms with Crippen LogP contribution < -0.4 is 9.64 Å². The molecule has 1 aliphatic carbocycles. The molecular formula is C20H26N4OS. The lowest BCUT2D eigenvalue weighted by Crippen LogP contribution is -2.45. The van der Waals surface area contributed by atoms with Gasteiger partial charge >= 0.3 is 0 Å². The summed E-state index contributed by atoms with van der Waals surface area (Å²) < 4.78 is 5.38. The third-order valence-electron chi connectivity index (χ3n) is 5.18. The second-order valence-electron chi connectivity index (χ2n) is 7.03. The maximum Gasteiger partial charge on any atom is 0.226 e. The standard InChI is InChI=1S/C20H26N4OS/c1-23-10-12-24(13-11-23)20-21-18-9-4-3-8-17(18)19(22-20)26-16-7-5-6-15(14-16)25-2/h5-7,14H,3-4,8-13H2,1-2H3. The number of aryl methyl sites for hydroxylation is 1. The lowest BCUT2D eigenvalue weighted by Gasteiger charge is -2.33. The molecule has 1 fully saturated rings. The van der Waals surface area contributed by atoms with Crippen LogP contribution in [0.4, 0.5) is 5.95 Å². The van der Waals surface area contributed by atoms with Crippen molar-refractivity contribution in [2.45, 2.75) is 35.6 Å². The highest BCUT2D eigenvalue weighted by atomic mass is 32.2. The van der Waals surface area contributed by atoms with E-state index in [4.69, 9.17) is 14.7 Å². The topological polar surface area (TPSA) is 41.5 Å². The number of ether oxygens (including phenoxy) is 1. The van der Waals surface area contributed by atoms with Crippen LogP contribution >= 0.6 is 11.8 Å². The van der Waals surface area contributed by atoms with Gasteiger partial charge in [-0.2, -0.15) is 0 Å². The molecule has 4 rings (SSSR count). The van der Waals surface area contributed by atoms with E-state index in [0.29, 0.717) is 0 Å². The highest BCUT2D eigenvalue weighted by Gasteiger charge is 2.23.